The maximum Gasteiger partial charge on any atom is 0.245 e. The number of aliphatic hydroxyl groups is 3. The van der Waals surface area contributed by atoms with E-state index in [1.165, 1.54) is 0 Å². The SMILES string of the molecule is OCCC(O)(O)Cl. The van der Waals surface area contributed by atoms with Crippen LogP contribution in [0.15, 0.2) is 0 Å². The van der Waals surface area contributed by atoms with Crippen LogP contribution < -0.4 is 0 Å². The molecule has 0 aliphatic heterocycles. The van der Waals surface area contributed by atoms with Crippen molar-refractivity contribution < 1.29 is 15.3 Å². The average Bonchev–Trinajstić information content (AvgIpc) is 1.30. The Labute approximate surface area is 46.2 Å². The second-order valence-electron chi connectivity index (χ2n) is 1.19. The summed E-state index contributed by atoms with van der Waals surface area (Å²) in [6.07, 6.45) is -0.228. The van der Waals surface area contributed by atoms with Gasteiger partial charge in [0.2, 0.25) is 5.25 Å². The van der Waals surface area contributed by atoms with Crippen LogP contribution in [0.3, 0.4) is 0 Å². The molecule has 0 radical (unpaired) electrons. The van der Waals surface area contributed by atoms with Crippen molar-refractivity contribution in [1.29, 1.82) is 0 Å². The number of halogens is 1. The van der Waals surface area contributed by atoms with E-state index in [1.807, 2.05) is 0 Å². The average molecular weight is 127 g/mol. The van der Waals surface area contributed by atoms with Crippen molar-refractivity contribution in [3.8, 4) is 0 Å². The molecule has 0 saturated carbocycles. The fourth-order valence-corrected chi connectivity index (χ4v) is 0.227. The molecule has 3 nitrogen and oxygen atoms in total. The largest absolute Gasteiger partial charge is 0.396 e. The van der Waals surface area contributed by atoms with Gasteiger partial charge in [-0.15, -0.1) is 0 Å². The highest BCUT2D eigenvalue weighted by atomic mass is 35.5. The lowest BCUT2D eigenvalue weighted by atomic mass is 10.4. The fourth-order valence-electron chi connectivity index (χ4n) is 0.142. The number of aliphatic hydroxyl groups excluding tert-OH is 1. The minimum absolute atomic E-state index is 0.228. The molecular weight excluding hydrogens is 119 g/mol. The molecule has 0 rings (SSSR count). The van der Waals surface area contributed by atoms with Crippen LogP contribution in [0.5, 0.6) is 0 Å². The molecule has 0 spiro atoms. The van der Waals surface area contributed by atoms with Gasteiger partial charge in [0.15, 0.2) is 0 Å². The maximum atomic E-state index is 8.18. The van der Waals surface area contributed by atoms with E-state index < -0.39 is 5.25 Å². The molecule has 4 heteroatoms. The van der Waals surface area contributed by atoms with Gasteiger partial charge in [0.1, 0.15) is 0 Å². The fraction of sp³-hybridized carbons (Fsp3) is 1.00. The first-order valence-corrected chi connectivity index (χ1v) is 2.18. The third-order valence-corrected chi connectivity index (χ3v) is 0.619. The molecular formula is C3H7ClO3. The van der Waals surface area contributed by atoms with Crippen LogP contribution in [-0.2, 0) is 0 Å². The summed E-state index contributed by atoms with van der Waals surface area (Å²) in [6.45, 7) is -0.323. The predicted octanol–water partition coefficient (Wildman–Crippen LogP) is -0.754. The second kappa shape index (κ2) is 2.47. The summed E-state index contributed by atoms with van der Waals surface area (Å²) < 4.78 is 0. The van der Waals surface area contributed by atoms with E-state index in [0.717, 1.165) is 0 Å². The molecule has 0 aromatic carbocycles. The quantitative estimate of drug-likeness (QED) is 0.337. The number of alkyl halides is 1. The molecule has 0 fully saturated rings. The molecule has 0 heterocycles. The lowest BCUT2D eigenvalue weighted by molar-refractivity contribution is -0.0965. The van der Waals surface area contributed by atoms with Crippen molar-refractivity contribution in [3.05, 3.63) is 0 Å². The van der Waals surface area contributed by atoms with Crippen LogP contribution in [0.1, 0.15) is 6.42 Å². The van der Waals surface area contributed by atoms with Crippen molar-refractivity contribution >= 4 is 11.6 Å². The molecule has 0 amide bonds. The summed E-state index contributed by atoms with van der Waals surface area (Å²) in [7, 11) is 0. The molecule has 0 atom stereocenters. The number of hydrogen-bond donors (Lipinski definition) is 3. The molecule has 0 unspecified atom stereocenters. The number of hydrogen-bond acceptors (Lipinski definition) is 3. The van der Waals surface area contributed by atoms with Crippen LogP contribution in [0.25, 0.3) is 0 Å². The highest BCUT2D eigenvalue weighted by Crippen LogP contribution is 2.08. The van der Waals surface area contributed by atoms with Gasteiger partial charge in [0, 0.05) is 13.0 Å². The van der Waals surface area contributed by atoms with Crippen LogP contribution in [0.4, 0.5) is 0 Å². The topological polar surface area (TPSA) is 60.7 Å². The van der Waals surface area contributed by atoms with Gasteiger partial charge in [-0.2, -0.15) is 0 Å². The first-order valence-electron chi connectivity index (χ1n) is 1.81. The van der Waals surface area contributed by atoms with E-state index in [-0.39, 0.29) is 13.0 Å². The molecule has 0 aliphatic rings. The normalized spacial score (nSPS) is 12.0. The van der Waals surface area contributed by atoms with E-state index >= 15 is 0 Å². The lowest BCUT2D eigenvalue weighted by Crippen LogP contribution is -2.20. The zero-order chi connectivity index (χ0) is 5.91. The van der Waals surface area contributed by atoms with E-state index in [0.29, 0.717) is 0 Å². The second-order valence-corrected chi connectivity index (χ2v) is 1.80. The molecule has 0 saturated heterocycles. The Kier molecular flexibility index (Phi) is 2.53. The third kappa shape index (κ3) is 6.17. The smallest absolute Gasteiger partial charge is 0.245 e. The maximum absolute atomic E-state index is 8.18. The minimum Gasteiger partial charge on any atom is -0.396 e. The Bertz CT molecular complexity index is 48.6. The van der Waals surface area contributed by atoms with Crippen LogP contribution >= 0.6 is 11.6 Å². The molecule has 0 aromatic rings. The summed E-state index contributed by atoms with van der Waals surface area (Å²) in [5, 5.41) is 22.1. The van der Waals surface area contributed by atoms with Crippen molar-refractivity contribution in [2.75, 3.05) is 6.61 Å². The molecule has 0 aliphatic carbocycles. The third-order valence-electron chi connectivity index (χ3n) is 0.430. The van der Waals surface area contributed by atoms with Crippen LogP contribution in [0.2, 0.25) is 0 Å². The summed E-state index contributed by atoms with van der Waals surface area (Å²) in [4.78, 5) is 0. The summed E-state index contributed by atoms with van der Waals surface area (Å²) in [5.74, 6) is 0. The Morgan fingerprint density at radius 2 is 1.86 bits per heavy atom. The molecule has 7 heavy (non-hydrogen) atoms. The predicted molar refractivity (Wildman–Crippen MR) is 24.7 cm³/mol. The Morgan fingerprint density at radius 3 is 1.86 bits per heavy atom. The van der Waals surface area contributed by atoms with Gasteiger partial charge in [0.25, 0.3) is 0 Å². The first-order chi connectivity index (χ1) is 3.06. The standard InChI is InChI=1S/C3H7ClO3/c4-3(6,7)1-2-5/h5-7H,1-2H2. The lowest BCUT2D eigenvalue weighted by Gasteiger charge is -2.08. The molecule has 0 aromatic heterocycles. The monoisotopic (exact) mass is 126 g/mol. The van der Waals surface area contributed by atoms with Gasteiger partial charge < -0.3 is 15.3 Å². The zero-order valence-corrected chi connectivity index (χ0v) is 4.39. The summed E-state index contributed by atoms with van der Waals surface area (Å²) >= 11 is 4.78. The van der Waals surface area contributed by atoms with Crippen molar-refractivity contribution in [2.24, 2.45) is 0 Å². The van der Waals surface area contributed by atoms with Gasteiger partial charge in [-0.3, -0.25) is 0 Å². The van der Waals surface area contributed by atoms with Gasteiger partial charge >= 0.3 is 0 Å². The number of rotatable bonds is 2. The van der Waals surface area contributed by atoms with Crippen molar-refractivity contribution in [2.45, 2.75) is 11.7 Å². The van der Waals surface area contributed by atoms with Crippen molar-refractivity contribution in [3.63, 3.8) is 0 Å². The molecule has 44 valence electrons. The Balaban J connectivity index is 3.15. The van der Waals surface area contributed by atoms with Crippen LogP contribution in [-0.4, -0.2) is 27.2 Å². The van der Waals surface area contributed by atoms with E-state index in [2.05, 4.69) is 0 Å². The highest BCUT2D eigenvalue weighted by molar-refractivity contribution is 6.21. The van der Waals surface area contributed by atoms with E-state index in [9.17, 15) is 0 Å². The van der Waals surface area contributed by atoms with Crippen molar-refractivity contribution in [1.82, 2.24) is 0 Å². The minimum atomic E-state index is -2.23. The summed E-state index contributed by atoms with van der Waals surface area (Å²) in [6, 6.07) is 0. The summed E-state index contributed by atoms with van der Waals surface area (Å²) in [5.41, 5.74) is 0. The van der Waals surface area contributed by atoms with E-state index in [4.69, 9.17) is 26.9 Å². The first kappa shape index (κ1) is 7.17. The molecule has 3 N–H and O–H groups in total. The molecule has 0 bridgehead atoms. The van der Waals surface area contributed by atoms with Gasteiger partial charge in [-0.05, 0) is 0 Å². The Morgan fingerprint density at radius 1 is 1.43 bits per heavy atom. The van der Waals surface area contributed by atoms with E-state index in [1.54, 1.807) is 0 Å². The van der Waals surface area contributed by atoms with Crippen LogP contribution in [0, 0.1) is 0 Å². The Hall–Kier alpha value is 0.170. The highest BCUT2D eigenvalue weighted by Gasteiger charge is 2.15. The van der Waals surface area contributed by atoms with Gasteiger partial charge in [-0.1, -0.05) is 11.6 Å². The van der Waals surface area contributed by atoms with Gasteiger partial charge in [0.05, 0.1) is 0 Å². The zero-order valence-electron chi connectivity index (χ0n) is 3.63. The van der Waals surface area contributed by atoms with Gasteiger partial charge in [-0.25, -0.2) is 0 Å².